The van der Waals surface area contributed by atoms with Crippen LogP contribution in [0.5, 0.6) is 6.01 Å². The number of likely N-dealkylation sites (tertiary alicyclic amines) is 1. The monoisotopic (exact) mass is 670 g/mol. The zero-order chi connectivity index (χ0) is 33.5. The fourth-order valence-electron chi connectivity index (χ4n) is 7.56. The zero-order valence-corrected chi connectivity index (χ0v) is 28.6. The fraction of sp³-hybridized carbons (Fsp3) is 0.514. The van der Waals surface area contributed by atoms with Crippen LogP contribution in [0, 0.1) is 11.3 Å². The Morgan fingerprint density at radius 1 is 1.06 bits per heavy atom. The van der Waals surface area contributed by atoms with Crippen LogP contribution in [0.4, 0.5) is 11.5 Å². The Hall–Kier alpha value is -3.91. The Balaban J connectivity index is 1.27. The van der Waals surface area contributed by atoms with Gasteiger partial charge in [-0.25, -0.2) is 0 Å². The van der Waals surface area contributed by atoms with Crippen LogP contribution in [0.15, 0.2) is 49.1 Å². The van der Waals surface area contributed by atoms with Gasteiger partial charge in [-0.3, -0.25) is 9.69 Å². The number of nitrogens with zero attached hydrogens (tertiary/aromatic N) is 7. The molecule has 1 aromatic heterocycles. The molecule has 1 amide bonds. The highest BCUT2D eigenvalue weighted by molar-refractivity contribution is 6.36. The molecule has 0 aliphatic carbocycles. The summed E-state index contributed by atoms with van der Waals surface area (Å²) in [7, 11) is 0. The van der Waals surface area contributed by atoms with E-state index in [9.17, 15) is 10.1 Å². The Morgan fingerprint density at radius 3 is 2.71 bits per heavy atom. The van der Waals surface area contributed by atoms with Crippen molar-refractivity contribution in [1.82, 2.24) is 19.8 Å². The Labute approximate surface area is 289 Å². The second-order valence-corrected chi connectivity index (χ2v) is 13.5. The number of ether oxygens (including phenoxy) is 1. The molecule has 0 radical (unpaired) electrons. The molecule has 11 heteroatoms. The molecule has 3 aromatic rings. The summed E-state index contributed by atoms with van der Waals surface area (Å²) in [6.45, 7) is 10.1. The van der Waals surface area contributed by atoms with Gasteiger partial charge in [0.1, 0.15) is 12.4 Å². The predicted molar refractivity (Wildman–Crippen MR) is 191 cm³/mol. The molecular formula is C37H47ClN8O2. The topological polar surface area (TPSA) is 115 Å². The first-order valence-corrected chi connectivity index (χ1v) is 17.8. The number of amides is 1. The van der Waals surface area contributed by atoms with Crippen LogP contribution in [-0.4, -0.2) is 90.2 Å². The van der Waals surface area contributed by atoms with Crippen molar-refractivity contribution in [2.75, 3.05) is 62.2 Å². The van der Waals surface area contributed by atoms with Crippen LogP contribution >= 0.6 is 11.6 Å². The third kappa shape index (κ3) is 7.54. The van der Waals surface area contributed by atoms with Gasteiger partial charge < -0.3 is 25.2 Å². The van der Waals surface area contributed by atoms with E-state index in [4.69, 9.17) is 32.0 Å². The van der Waals surface area contributed by atoms with Crippen molar-refractivity contribution in [1.29, 1.82) is 5.26 Å². The van der Waals surface area contributed by atoms with Gasteiger partial charge in [-0.15, -0.1) is 0 Å². The minimum atomic E-state index is -0.251. The summed E-state index contributed by atoms with van der Waals surface area (Å²) in [5, 5.41) is 12.5. The van der Waals surface area contributed by atoms with Gasteiger partial charge in [0.15, 0.2) is 0 Å². The van der Waals surface area contributed by atoms with Gasteiger partial charge in [0, 0.05) is 48.9 Å². The summed E-state index contributed by atoms with van der Waals surface area (Å²) in [6, 6.07) is 15.1. The van der Waals surface area contributed by atoms with Gasteiger partial charge in [-0.2, -0.15) is 15.2 Å². The van der Waals surface area contributed by atoms with Crippen molar-refractivity contribution in [3.8, 4) is 12.1 Å². The van der Waals surface area contributed by atoms with Gasteiger partial charge in [-0.05, 0) is 75.3 Å². The number of carbonyl (C=O) groups excluding carboxylic acids is 1. The van der Waals surface area contributed by atoms with Crippen LogP contribution in [0.3, 0.4) is 0 Å². The van der Waals surface area contributed by atoms with Crippen molar-refractivity contribution in [3.63, 3.8) is 0 Å². The SMILES string of the molecule is C=CC(=O)N1CCN(c2nc(OC[C@@H]3CCCN3CCCCCCN)nc3c2CCN(c2cccc4cccc(Cl)c24)C3)C[C@@H]1CC#N. The molecule has 2 atom stereocenters. The minimum absolute atomic E-state index is 0.145. The molecule has 48 heavy (non-hydrogen) atoms. The molecule has 3 aliphatic heterocycles. The molecule has 254 valence electrons. The van der Waals surface area contributed by atoms with E-state index in [0.29, 0.717) is 44.8 Å². The van der Waals surface area contributed by atoms with E-state index in [1.54, 1.807) is 4.90 Å². The standard InChI is InChI=1S/C37H47ClN8O2/c1-2-34(47)46-23-22-45(24-28(46)15-18-40)36-30-16-21-44(33-14-8-11-27-10-7-13-31(38)35(27)33)25-32(30)41-37(42-36)48-26-29-12-9-20-43(29)19-6-4-3-5-17-39/h2,7-8,10-11,13-14,28-29H,1,3-6,9,12,15-17,19-26,39H2/t28-,29-/m0/s1. The maximum absolute atomic E-state index is 12.6. The first-order chi connectivity index (χ1) is 23.5. The molecule has 2 saturated heterocycles. The molecule has 2 N–H and O–H groups in total. The number of halogens is 1. The highest BCUT2D eigenvalue weighted by atomic mass is 35.5. The quantitative estimate of drug-likeness (QED) is 0.191. The van der Waals surface area contributed by atoms with Gasteiger partial charge >= 0.3 is 6.01 Å². The van der Waals surface area contributed by atoms with Crippen molar-refractivity contribution >= 4 is 39.8 Å². The summed E-state index contributed by atoms with van der Waals surface area (Å²) in [6.07, 6.45) is 9.25. The van der Waals surface area contributed by atoms with E-state index in [2.05, 4.69) is 51.6 Å². The Morgan fingerprint density at radius 2 is 1.90 bits per heavy atom. The highest BCUT2D eigenvalue weighted by Gasteiger charge is 2.34. The fourth-order valence-corrected chi connectivity index (χ4v) is 7.84. The third-order valence-electron chi connectivity index (χ3n) is 10.1. The number of nitriles is 1. The summed E-state index contributed by atoms with van der Waals surface area (Å²) in [4.78, 5) is 31.6. The minimum Gasteiger partial charge on any atom is -0.462 e. The maximum Gasteiger partial charge on any atom is 0.318 e. The van der Waals surface area contributed by atoms with Crippen molar-refractivity contribution in [3.05, 3.63) is 65.3 Å². The van der Waals surface area contributed by atoms with E-state index in [1.807, 2.05) is 12.1 Å². The largest absolute Gasteiger partial charge is 0.462 e. The van der Waals surface area contributed by atoms with Crippen LogP contribution in [0.1, 0.15) is 56.2 Å². The molecule has 2 aromatic carbocycles. The maximum atomic E-state index is 12.6. The number of nitrogens with two attached hydrogens (primary N) is 1. The zero-order valence-electron chi connectivity index (χ0n) is 27.8. The molecule has 6 rings (SSSR count). The molecule has 4 heterocycles. The normalized spacial score (nSPS) is 19.7. The average molecular weight is 671 g/mol. The molecule has 0 spiro atoms. The third-order valence-corrected chi connectivity index (χ3v) is 10.4. The van der Waals surface area contributed by atoms with E-state index in [1.165, 1.54) is 31.8 Å². The second-order valence-electron chi connectivity index (χ2n) is 13.1. The number of hydrogen-bond donors (Lipinski definition) is 1. The second kappa shape index (κ2) is 16.0. The van der Waals surface area contributed by atoms with Crippen LogP contribution in [0.2, 0.25) is 5.02 Å². The molecule has 0 unspecified atom stereocenters. The molecule has 0 bridgehead atoms. The summed E-state index contributed by atoms with van der Waals surface area (Å²) in [5.74, 6) is 0.705. The first-order valence-electron chi connectivity index (χ1n) is 17.4. The number of benzene rings is 2. The lowest BCUT2D eigenvalue weighted by atomic mass is 10.0. The van der Waals surface area contributed by atoms with Gasteiger partial charge in [-0.1, -0.05) is 55.3 Å². The number of rotatable bonds is 13. The molecular weight excluding hydrogens is 624 g/mol. The lowest BCUT2D eigenvalue weighted by molar-refractivity contribution is -0.128. The molecule has 3 aliphatic rings. The van der Waals surface area contributed by atoms with E-state index in [0.717, 1.165) is 84.0 Å². The lowest BCUT2D eigenvalue weighted by Gasteiger charge is -2.42. The summed E-state index contributed by atoms with van der Waals surface area (Å²) in [5.41, 5.74) is 8.81. The highest BCUT2D eigenvalue weighted by Crippen LogP contribution is 2.37. The van der Waals surface area contributed by atoms with E-state index < -0.39 is 0 Å². The van der Waals surface area contributed by atoms with E-state index >= 15 is 0 Å². The molecule has 0 saturated carbocycles. The molecule has 10 nitrogen and oxygen atoms in total. The lowest BCUT2D eigenvalue weighted by Crippen LogP contribution is -2.55. The number of hydrogen-bond acceptors (Lipinski definition) is 9. The smallest absolute Gasteiger partial charge is 0.318 e. The molecule has 2 fully saturated rings. The van der Waals surface area contributed by atoms with Gasteiger partial charge in [0.25, 0.3) is 0 Å². The number of aromatic nitrogens is 2. The summed E-state index contributed by atoms with van der Waals surface area (Å²) >= 11 is 6.74. The number of fused-ring (bicyclic) bond motifs is 2. The van der Waals surface area contributed by atoms with Crippen molar-refractivity contribution < 1.29 is 9.53 Å². The van der Waals surface area contributed by atoms with Gasteiger partial charge in [0.2, 0.25) is 5.91 Å². The summed E-state index contributed by atoms with van der Waals surface area (Å²) < 4.78 is 6.47. The van der Waals surface area contributed by atoms with Crippen LogP contribution in [-0.2, 0) is 17.8 Å². The van der Waals surface area contributed by atoms with Gasteiger partial charge in [0.05, 0.1) is 35.8 Å². The number of piperazine rings is 1. The Kier molecular flexibility index (Phi) is 11.3. The van der Waals surface area contributed by atoms with Crippen LogP contribution in [0.25, 0.3) is 10.8 Å². The predicted octanol–water partition coefficient (Wildman–Crippen LogP) is 5.33. The van der Waals surface area contributed by atoms with Crippen molar-refractivity contribution in [2.24, 2.45) is 5.73 Å². The number of carbonyl (C=O) groups is 1. The number of anilines is 2. The van der Waals surface area contributed by atoms with Crippen molar-refractivity contribution in [2.45, 2.75) is 70.0 Å². The van der Waals surface area contributed by atoms with Crippen LogP contribution < -0.4 is 20.3 Å². The number of unbranched alkanes of at least 4 members (excludes halogenated alkanes) is 3. The first kappa shape index (κ1) is 34.0. The average Bonchev–Trinajstić information content (AvgIpc) is 3.57. The van der Waals surface area contributed by atoms with E-state index in [-0.39, 0.29) is 18.4 Å². The Bertz CT molecular complexity index is 1640.